The summed E-state index contributed by atoms with van der Waals surface area (Å²) in [5.41, 5.74) is 0.366. The van der Waals surface area contributed by atoms with Crippen LogP contribution in [0.5, 0.6) is 0 Å². The number of piperidine rings is 1. The summed E-state index contributed by atoms with van der Waals surface area (Å²) in [6.45, 7) is 1.20. The molecular formula is C11H16N2O4S2. The summed E-state index contributed by atoms with van der Waals surface area (Å²) in [6.07, 6.45) is 1.87. The Bertz CT molecular complexity index is 567. The smallest absolute Gasteiger partial charge is 0.254 e. The van der Waals surface area contributed by atoms with Crippen molar-refractivity contribution in [2.45, 2.75) is 23.2 Å². The van der Waals surface area contributed by atoms with E-state index >= 15 is 0 Å². The summed E-state index contributed by atoms with van der Waals surface area (Å²) < 4.78 is 27.6. The van der Waals surface area contributed by atoms with E-state index in [0.717, 1.165) is 24.2 Å². The largest absolute Gasteiger partial charge is 0.380 e. The lowest BCUT2D eigenvalue weighted by atomic mass is 10.1. The van der Waals surface area contributed by atoms with Gasteiger partial charge in [-0.25, -0.2) is 13.6 Å². The molecule has 1 atom stereocenters. The van der Waals surface area contributed by atoms with E-state index in [1.54, 1.807) is 12.0 Å². The van der Waals surface area contributed by atoms with Crippen LogP contribution in [-0.4, -0.2) is 45.5 Å². The fourth-order valence-electron chi connectivity index (χ4n) is 2.08. The Morgan fingerprint density at radius 3 is 2.89 bits per heavy atom. The van der Waals surface area contributed by atoms with Gasteiger partial charge in [0.25, 0.3) is 5.91 Å². The molecule has 0 bridgehead atoms. The van der Waals surface area contributed by atoms with Crippen LogP contribution < -0.4 is 5.14 Å². The molecule has 1 amide bonds. The topological polar surface area (TPSA) is 89.7 Å². The molecule has 1 aromatic heterocycles. The molecule has 0 radical (unpaired) electrons. The highest BCUT2D eigenvalue weighted by atomic mass is 32.2. The quantitative estimate of drug-likeness (QED) is 0.887. The van der Waals surface area contributed by atoms with Gasteiger partial charge in [0.1, 0.15) is 4.21 Å². The predicted octanol–water partition coefficient (Wildman–Crippen LogP) is 0.646. The SMILES string of the molecule is COC1CCCN(C(=O)c2csc(S(N)(=O)=O)c2)C1. The molecule has 1 aromatic rings. The van der Waals surface area contributed by atoms with Gasteiger partial charge < -0.3 is 9.64 Å². The monoisotopic (exact) mass is 304 g/mol. The summed E-state index contributed by atoms with van der Waals surface area (Å²) in [7, 11) is -2.11. The van der Waals surface area contributed by atoms with E-state index in [4.69, 9.17) is 9.88 Å². The Kier molecular flexibility index (Phi) is 4.24. The third-order valence-electron chi connectivity index (χ3n) is 3.10. The number of primary sulfonamides is 1. The van der Waals surface area contributed by atoms with Gasteiger partial charge in [0, 0.05) is 25.6 Å². The molecule has 0 aromatic carbocycles. The highest BCUT2D eigenvalue weighted by Gasteiger charge is 2.25. The van der Waals surface area contributed by atoms with Crippen molar-refractivity contribution in [2.75, 3.05) is 20.2 Å². The number of hydrogen-bond donors (Lipinski definition) is 1. The van der Waals surface area contributed by atoms with Gasteiger partial charge in [0.2, 0.25) is 10.0 Å². The standard InChI is InChI=1S/C11H16N2O4S2/c1-17-9-3-2-4-13(6-9)11(14)8-5-10(18-7-8)19(12,15)16/h5,7,9H,2-4,6H2,1H3,(H2,12,15,16). The molecule has 2 rings (SSSR count). The van der Waals surface area contributed by atoms with Gasteiger partial charge in [-0.05, 0) is 18.9 Å². The molecular weight excluding hydrogens is 288 g/mol. The number of amides is 1. The maximum Gasteiger partial charge on any atom is 0.254 e. The molecule has 0 saturated carbocycles. The van der Waals surface area contributed by atoms with Crippen LogP contribution in [0.1, 0.15) is 23.2 Å². The third kappa shape index (κ3) is 3.33. The van der Waals surface area contributed by atoms with Gasteiger partial charge in [0.15, 0.2) is 0 Å². The molecule has 1 unspecified atom stereocenters. The van der Waals surface area contributed by atoms with Crippen molar-refractivity contribution in [1.82, 2.24) is 4.90 Å². The Morgan fingerprint density at radius 1 is 1.58 bits per heavy atom. The van der Waals surface area contributed by atoms with E-state index < -0.39 is 10.0 Å². The molecule has 8 heteroatoms. The zero-order valence-corrected chi connectivity index (χ0v) is 12.2. The summed E-state index contributed by atoms with van der Waals surface area (Å²) in [6, 6.07) is 1.33. The fourth-order valence-corrected chi connectivity index (χ4v) is 3.65. The number of rotatable bonds is 3. The molecule has 6 nitrogen and oxygen atoms in total. The number of ether oxygens (including phenoxy) is 1. The van der Waals surface area contributed by atoms with Crippen LogP contribution in [0.4, 0.5) is 0 Å². The van der Waals surface area contributed by atoms with Gasteiger partial charge in [-0.1, -0.05) is 0 Å². The molecule has 1 saturated heterocycles. The van der Waals surface area contributed by atoms with E-state index in [9.17, 15) is 13.2 Å². The number of nitrogens with two attached hydrogens (primary N) is 1. The molecule has 0 spiro atoms. The van der Waals surface area contributed by atoms with Crippen molar-refractivity contribution in [3.63, 3.8) is 0 Å². The van der Waals surface area contributed by atoms with Crippen molar-refractivity contribution >= 4 is 27.3 Å². The van der Waals surface area contributed by atoms with Crippen molar-refractivity contribution in [3.8, 4) is 0 Å². The second-order valence-corrected chi connectivity index (χ2v) is 7.15. The number of sulfonamides is 1. The molecule has 0 aliphatic carbocycles. The first kappa shape index (κ1) is 14.4. The van der Waals surface area contributed by atoms with Gasteiger partial charge in [-0.3, -0.25) is 4.79 Å². The molecule has 1 fully saturated rings. The lowest BCUT2D eigenvalue weighted by Crippen LogP contribution is -2.42. The van der Waals surface area contributed by atoms with Crippen LogP contribution in [-0.2, 0) is 14.8 Å². The second kappa shape index (κ2) is 5.58. The van der Waals surface area contributed by atoms with Crippen LogP contribution in [0.3, 0.4) is 0 Å². The van der Waals surface area contributed by atoms with Gasteiger partial charge >= 0.3 is 0 Å². The average Bonchev–Trinajstić information content (AvgIpc) is 2.87. The van der Waals surface area contributed by atoms with E-state index in [0.29, 0.717) is 18.7 Å². The lowest BCUT2D eigenvalue weighted by Gasteiger charge is -2.31. The van der Waals surface area contributed by atoms with Crippen molar-refractivity contribution in [1.29, 1.82) is 0 Å². The van der Waals surface area contributed by atoms with E-state index in [1.807, 2.05) is 0 Å². The van der Waals surface area contributed by atoms with Crippen LogP contribution in [0.25, 0.3) is 0 Å². The summed E-state index contributed by atoms with van der Waals surface area (Å²) in [4.78, 5) is 13.9. The van der Waals surface area contributed by atoms with Gasteiger partial charge in [-0.15, -0.1) is 11.3 Å². The highest BCUT2D eigenvalue weighted by Crippen LogP contribution is 2.22. The summed E-state index contributed by atoms with van der Waals surface area (Å²) in [5.74, 6) is -0.173. The first-order valence-electron chi connectivity index (χ1n) is 5.85. The Hall–Kier alpha value is -0.960. The number of methoxy groups -OCH3 is 1. The normalized spacial score (nSPS) is 20.5. The minimum atomic E-state index is -3.74. The van der Waals surface area contributed by atoms with Crippen LogP contribution in [0.2, 0.25) is 0 Å². The molecule has 1 aliphatic rings. The number of nitrogens with zero attached hydrogens (tertiary/aromatic N) is 1. The van der Waals surface area contributed by atoms with Crippen LogP contribution >= 0.6 is 11.3 Å². The minimum Gasteiger partial charge on any atom is -0.380 e. The number of hydrogen-bond acceptors (Lipinski definition) is 5. The number of thiophene rings is 1. The maximum absolute atomic E-state index is 12.2. The van der Waals surface area contributed by atoms with E-state index in [-0.39, 0.29) is 16.2 Å². The zero-order chi connectivity index (χ0) is 14.0. The van der Waals surface area contributed by atoms with Crippen molar-refractivity contribution < 1.29 is 17.9 Å². The van der Waals surface area contributed by atoms with Crippen LogP contribution in [0, 0.1) is 0 Å². The van der Waals surface area contributed by atoms with E-state index in [2.05, 4.69) is 0 Å². The molecule has 19 heavy (non-hydrogen) atoms. The minimum absolute atomic E-state index is 0.0103. The Balaban J connectivity index is 2.13. The number of likely N-dealkylation sites (tertiary alicyclic amines) is 1. The molecule has 106 valence electrons. The first-order chi connectivity index (χ1) is 8.91. The lowest BCUT2D eigenvalue weighted by molar-refractivity contribution is 0.0269. The van der Waals surface area contributed by atoms with Crippen molar-refractivity contribution in [3.05, 3.63) is 17.0 Å². The summed E-state index contributed by atoms with van der Waals surface area (Å²) >= 11 is 0.964. The molecule has 1 aliphatic heterocycles. The van der Waals surface area contributed by atoms with E-state index in [1.165, 1.54) is 11.4 Å². The average molecular weight is 304 g/mol. The molecule has 2 heterocycles. The Labute approximate surface area is 116 Å². The summed E-state index contributed by atoms with van der Waals surface area (Å²) in [5, 5.41) is 6.56. The first-order valence-corrected chi connectivity index (χ1v) is 8.28. The van der Waals surface area contributed by atoms with Gasteiger partial charge in [0.05, 0.1) is 11.7 Å². The third-order valence-corrected chi connectivity index (χ3v) is 5.49. The zero-order valence-electron chi connectivity index (χ0n) is 10.5. The van der Waals surface area contributed by atoms with Gasteiger partial charge in [-0.2, -0.15) is 0 Å². The number of carbonyl (C=O) groups is 1. The molecule has 2 N–H and O–H groups in total. The number of carbonyl (C=O) groups excluding carboxylic acids is 1. The second-order valence-electron chi connectivity index (χ2n) is 4.45. The van der Waals surface area contributed by atoms with Crippen molar-refractivity contribution in [2.24, 2.45) is 5.14 Å². The fraction of sp³-hybridized carbons (Fsp3) is 0.545. The highest BCUT2D eigenvalue weighted by molar-refractivity contribution is 7.91. The Morgan fingerprint density at radius 2 is 2.32 bits per heavy atom. The maximum atomic E-state index is 12.2. The predicted molar refractivity (Wildman–Crippen MR) is 71.6 cm³/mol. The van der Waals surface area contributed by atoms with Crippen LogP contribution in [0.15, 0.2) is 15.7 Å².